The highest BCUT2D eigenvalue weighted by atomic mass is 16.1. The zero-order valence-electron chi connectivity index (χ0n) is 14.3. The molecule has 0 spiro atoms. The van der Waals surface area contributed by atoms with Crippen molar-refractivity contribution >= 4 is 17.3 Å². The molecule has 3 rings (SSSR count). The maximum absolute atomic E-state index is 12.6. The second kappa shape index (κ2) is 7.08. The summed E-state index contributed by atoms with van der Waals surface area (Å²) < 4.78 is 1.62. The molecule has 1 aromatic carbocycles. The molecular weight excluding hydrogens is 318 g/mol. The predicted octanol–water partition coefficient (Wildman–Crippen LogP) is 1.94. The first kappa shape index (κ1) is 16.6. The van der Waals surface area contributed by atoms with Crippen LogP contribution in [0.1, 0.15) is 23.2 Å². The van der Waals surface area contributed by atoms with Crippen molar-refractivity contribution in [3.8, 4) is 5.69 Å². The van der Waals surface area contributed by atoms with E-state index in [1.807, 2.05) is 56.3 Å². The molecular formula is C17H19N7O. The Balaban J connectivity index is 1.91. The van der Waals surface area contributed by atoms with E-state index in [0.29, 0.717) is 23.5 Å². The van der Waals surface area contributed by atoms with Crippen LogP contribution in [0.2, 0.25) is 0 Å². The van der Waals surface area contributed by atoms with E-state index >= 15 is 0 Å². The second-order valence-electron chi connectivity index (χ2n) is 5.63. The number of carbonyl (C=O) groups is 1. The van der Waals surface area contributed by atoms with Gasteiger partial charge < -0.3 is 10.2 Å². The van der Waals surface area contributed by atoms with Gasteiger partial charge in [0, 0.05) is 32.4 Å². The molecule has 25 heavy (non-hydrogen) atoms. The molecule has 128 valence electrons. The van der Waals surface area contributed by atoms with Crippen LogP contribution in [0.4, 0.5) is 11.4 Å². The number of nitrogens with zero attached hydrogens (tertiary/aromatic N) is 6. The van der Waals surface area contributed by atoms with Gasteiger partial charge in [0.05, 0.1) is 11.4 Å². The second-order valence-corrected chi connectivity index (χ2v) is 5.63. The molecule has 0 saturated heterocycles. The Morgan fingerprint density at radius 1 is 1.24 bits per heavy atom. The van der Waals surface area contributed by atoms with Gasteiger partial charge >= 0.3 is 0 Å². The van der Waals surface area contributed by atoms with E-state index in [0.717, 1.165) is 11.5 Å². The van der Waals surface area contributed by atoms with Crippen LogP contribution in [0.25, 0.3) is 5.69 Å². The third-order valence-electron chi connectivity index (χ3n) is 3.72. The number of para-hydroxylation sites is 2. The van der Waals surface area contributed by atoms with Crippen LogP contribution in [-0.2, 0) is 6.42 Å². The standard InChI is InChI=1S/C17H19N7O/c1-4-16-20-21-22-24(16)15-8-6-5-7-13(15)19-17(25)14-11-12(23(2)3)9-10-18-14/h5-11H,4H2,1-3H3,(H,19,25). The van der Waals surface area contributed by atoms with Crippen molar-refractivity contribution < 1.29 is 4.79 Å². The lowest BCUT2D eigenvalue weighted by atomic mass is 10.2. The summed E-state index contributed by atoms with van der Waals surface area (Å²) >= 11 is 0. The number of aromatic nitrogens is 5. The van der Waals surface area contributed by atoms with Gasteiger partial charge in [0.2, 0.25) is 0 Å². The van der Waals surface area contributed by atoms with Crippen molar-refractivity contribution in [1.82, 2.24) is 25.2 Å². The fourth-order valence-corrected chi connectivity index (χ4v) is 2.39. The largest absolute Gasteiger partial charge is 0.378 e. The summed E-state index contributed by atoms with van der Waals surface area (Å²) in [6.45, 7) is 1.97. The molecule has 3 aromatic rings. The zero-order valence-corrected chi connectivity index (χ0v) is 14.3. The first-order valence-corrected chi connectivity index (χ1v) is 7.91. The van der Waals surface area contributed by atoms with Crippen LogP contribution < -0.4 is 10.2 Å². The van der Waals surface area contributed by atoms with Crippen LogP contribution in [0.15, 0.2) is 42.6 Å². The Bertz CT molecular complexity index is 888. The number of benzene rings is 1. The molecule has 1 N–H and O–H groups in total. The van der Waals surface area contributed by atoms with Crippen LogP contribution in [0.3, 0.4) is 0 Å². The van der Waals surface area contributed by atoms with Gasteiger partial charge in [-0.05, 0) is 34.7 Å². The van der Waals surface area contributed by atoms with Crippen molar-refractivity contribution in [3.05, 3.63) is 54.1 Å². The molecule has 0 aliphatic rings. The maximum Gasteiger partial charge on any atom is 0.274 e. The molecule has 0 radical (unpaired) electrons. The van der Waals surface area contributed by atoms with Gasteiger partial charge in [0.1, 0.15) is 5.69 Å². The molecule has 0 saturated carbocycles. The fraction of sp³-hybridized carbons (Fsp3) is 0.235. The average molecular weight is 337 g/mol. The SMILES string of the molecule is CCc1nnnn1-c1ccccc1NC(=O)c1cc(N(C)C)ccn1. The highest BCUT2D eigenvalue weighted by molar-refractivity contribution is 6.04. The van der Waals surface area contributed by atoms with Gasteiger partial charge in [-0.15, -0.1) is 5.10 Å². The lowest BCUT2D eigenvalue weighted by molar-refractivity contribution is 0.102. The van der Waals surface area contributed by atoms with E-state index in [9.17, 15) is 4.79 Å². The first-order chi connectivity index (χ1) is 12.1. The minimum absolute atomic E-state index is 0.290. The van der Waals surface area contributed by atoms with E-state index < -0.39 is 0 Å². The van der Waals surface area contributed by atoms with Gasteiger partial charge in [-0.3, -0.25) is 9.78 Å². The van der Waals surface area contributed by atoms with E-state index in [4.69, 9.17) is 0 Å². The normalized spacial score (nSPS) is 10.5. The third-order valence-corrected chi connectivity index (χ3v) is 3.72. The van der Waals surface area contributed by atoms with Gasteiger partial charge in [-0.2, -0.15) is 4.68 Å². The highest BCUT2D eigenvalue weighted by Gasteiger charge is 2.14. The van der Waals surface area contributed by atoms with Gasteiger partial charge in [-0.1, -0.05) is 19.1 Å². The Morgan fingerprint density at radius 2 is 2.04 bits per heavy atom. The summed E-state index contributed by atoms with van der Waals surface area (Å²) in [4.78, 5) is 18.7. The van der Waals surface area contributed by atoms with Crippen LogP contribution in [0, 0.1) is 0 Å². The van der Waals surface area contributed by atoms with Crippen molar-refractivity contribution in [2.75, 3.05) is 24.3 Å². The number of tetrazole rings is 1. The zero-order chi connectivity index (χ0) is 17.8. The number of pyridine rings is 1. The molecule has 8 heteroatoms. The van der Waals surface area contributed by atoms with Crippen LogP contribution in [-0.4, -0.2) is 45.2 Å². The number of aryl methyl sites for hydroxylation is 1. The monoisotopic (exact) mass is 337 g/mol. The quantitative estimate of drug-likeness (QED) is 0.765. The Kier molecular flexibility index (Phi) is 4.69. The molecule has 0 fully saturated rings. The smallest absolute Gasteiger partial charge is 0.274 e. The number of carbonyl (C=O) groups excluding carboxylic acids is 1. The van der Waals surface area contributed by atoms with Gasteiger partial charge in [-0.25, -0.2) is 0 Å². The minimum atomic E-state index is -0.290. The highest BCUT2D eigenvalue weighted by Crippen LogP contribution is 2.21. The average Bonchev–Trinajstić information content (AvgIpc) is 3.10. The summed E-state index contributed by atoms with van der Waals surface area (Å²) in [5.41, 5.74) is 2.57. The number of anilines is 2. The molecule has 0 bridgehead atoms. The number of nitrogens with one attached hydrogen (secondary N) is 1. The summed E-state index contributed by atoms with van der Waals surface area (Å²) in [7, 11) is 3.83. The van der Waals surface area contributed by atoms with Crippen molar-refractivity contribution in [2.45, 2.75) is 13.3 Å². The summed E-state index contributed by atoms with van der Waals surface area (Å²) in [5, 5.41) is 14.6. The van der Waals surface area contributed by atoms with Crippen molar-refractivity contribution in [2.24, 2.45) is 0 Å². The molecule has 0 aliphatic carbocycles. The van der Waals surface area contributed by atoms with E-state index in [1.54, 1.807) is 16.9 Å². The molecule has 0 aliphatic heterocycles. The van der Waals surface area contributed by atoms with Crippen LogP contribution in [0.5, 0.6) is 0 Å². The number of hydrogen-bond donors (Lipinski definition) is 1. The van der Waals surface area contributed by atoms with Gasteiger partial charge in [0.15, 0.2) is 5.82 Å². The van der Waals surface area contributed by atoms with Gasteiger partial charge in [0.25, 0.3) is 5.91 Å². The molecule has 2 aromatic heterocycles. The topological polar surface area (TPSA) is 88.8 Å². The minimum Gasteiger partial charge on any atom is -0.378 e. The lowest BCUT2D eigenvalue weighted by Crippen LogP contribution is -2.17. The van der Waals surface area contributed by atoms with E-state index in [2.05, 4.69) is 25.8 Å². The summed E-state index contributed by atoms with van der Waals surface area (Å²) in [5.74, 6) is 0.428. The third kappa shape index (κ3) is 3.47. The molecule has 0 atom stereocenters. The Hall–Kier alpha value is -3.29. The fourth-order valence-electron chi connectivity index (χ4n) is 2.39. The van der Waals surface area contributed by atoms with E-state index in [1.165, 1.54) is 0 Å². The van der Waals surface area contributed by atoms with Crippen molar-refractivity contribution in [1.29, 1.82) is 0 Å². The molecule has 2 heterocycles. The molecule has 1 amide bonds. The maximum atomic E-state index is 12.6. The Morgan fingerprint density at radius 3 is 2.80 bits per heavy atom. The Labute approximate surface area is 145 Å². The number of hydrogen-bond acceptors (Lipinski definition) is 6. The van der Waals surface area contributed by atoms with Crippen LogP contribution >= 0.6 is 0 Å². The molecule has 0 unspecified atom stereocenters. The van der Waals surface area contributed by atoms with Crippen molar-refractivity contribution in [3.63, 3.8) is 0 Å². The first-order valence-electron chi connectivity index (χ1n) is 7.91. The number of amides is 1. The predicted molar refractivity (Wildman–Crippen MR) is 95.0 cm³/mol. The molecule has 8 nitrogen and oxygen atoms in total. The lowest BCUT2D eigenvalue weighted by Gasteiger charge is -2.14. The number of rotatable bonds is 5. The summed E-state index contributed by atoms with van der Waals surface area (Å²) in [6.07, 6.45) is 2.30. The van der Waals surface area contributed by atoms with E-state index in [-0.39, 0.29) is 5.91 Å². The summed E-state index contributed by atoms with van der Waals surface area (Å²) in [6, 6.07) is 11.0.